The number of hydrogen-bond donors (Lipinski definition) is 1. The highest BCUT2D eigenvalue weighted by molar-refractivity contribution is 6.06. The predicted molar refractivity (Wildman–Crippen MR) is 85.8 cm³/mol. The Morgan fingerprint density at radius 2 is 2.25 bits per heavy atom. The summed E-state index contributed by atoms with van der Waals surface area (Å²) >= 11 is 0. The van der Waals surface area contributed by atoms with Crippen molar-refractivity contribution in [2.45, 2.75) is 31.8 Å². The van der Waals surface area contributed by atoms with Crippen molar-refractivity contribution >= 4 is 11.9 Å². The number of aromatic nitrogens is 2. The van der Waals surface area contributed by atoms with E-state index in [1.807, 2.05) is 6.92 Å². The van der Waals surface area contributed by atoms with Gasteiger partial charge in [0.15, 0.2) is 0 Å². The summed E-state index contributed by atoms with van der Waals surface area (Å²) in [4.78, 5) is 27.7. The number of nitrogens with one attached hydrogen (secondary N) is 1. The Kier molecular flexibility index (Phi) is 4.28. The number of likely N-dealkylation sites (N-methyl/N-ethyl adjacent to an activating group) is 1. The molecule has 24 heavy (non-hydrogen) atoms. The number of imide groups is 1. The van der Waals surface area contributed by atoms with Crippen LogP contribution in [0.15, 0.2) is 12.4 Å². The van der Waals surface area contributed by atoms with E-state index in [2.05, 4.69) is 21.4 Å². The van der Waals surface area contributed by atoms with E-state index in [0.717, 1.165) is 32.5 Å². The Morgan fingerprint density at radius 1 is 1.46 bits per heavy atom. The highest BCUT2D eigenvalue weighted by Gasteiger charge is 2.51. The van der Waals surface area contributed by atoms with Crippen molar-refractivity contribution in [1.29, 1.82) is 5.26 Å². The number of urea groups is 1. The summed E-state index contributed by atoms with van der Waals surface area (Å²) in [6.45, 7) is 5.07. The number of hydrogen-bond acceptors (Lipinski definition) is 5. The van der Waals surface area contributed by atoms with E-state index in [4.69, 9.17) is 5.26 Å². The van der Waals surface area contributed by atoms with Crippen molar-refractivity contribution in [2.75, 3.05) is 26.7 Å². The Hall–Kier alpha value is -2.40. The fourth-order valence-electron chi connectivity index (χ4n) is 3.59. The Labute approximate surface area is 141 Å². The molecule has 0 aromatic carbocycles. The third-order valence-corrected chi connectivity index (χ3v) is 5.15. The number of likely N-dealkylation sites (tertiary alicyclic amines) is 1. The standard InChI is InChI=1S/C16H22N6O2/c1-16(14(23)20(2)15(24)19-16)13-4-3-5-21(11-13)6-7-22-10-12(8-17)9-18-22/h9-10,13H,3-7,11H2,1-2H3,(H,19,24)/t13-,16-/m1/s1. The van der Waals surface area contributed by atoms with E-state index in [1.54, 1.807) is 17.1 Å². The molecule has 8 heteroatoms. The lowest BCUT2D eigenvalue weighted by Crippen LogP contribution is -2.56. The van der Waals surface area contributed by atoms with Crippen molar-refractivity contribution in [3.63, 3.8) is 0 Å². The Bertz CT molecular complexity index is 693. The third-order valence-electron chi connectivity index (χ3n) is 5.15. The van der Waals surface area contributed by atoms with Gasteiger partial charge in [-0.1, -0.05) is 0 Å². The first-order valence-corrected chi connectivity index (χ1v) is 8.19. The molecular weight excluding hydrogens is 308 g/mol. The van der Waals surface area contributed by atoms with E-state index in [1.165, 1.54) is 11.9 Å². The number of rotatable bonds is 4. The smallest absolute Gasteiger partial charge is 0.323 e. The Balaban J connectivity index is 1.61. The van der Waals surface area contributed by atoms with Gasteiger partial charge in [-0.2, -0.15) is 10.4 Å². The second-order valence-corrected chi connectivity index (χ2v) is 6.74. The molecule has 2 aliphatic heterocycles. The van der Waals surface area contributed by atoms with E-state index in [0.29, 0.717) is 12.1 Å². The number of nitrogens with zero attached hydrogens (tertiary/aromatic N) is 5. The molecule has 0 radical (unpaired) electrons. The van der Waals surface area contributed by atoms with Gasteiger partial charge in [0, 0.05) is 32.3 Å². The van der Waals surface area contributed by atoms with Crippen LogP contribution in [0, 0.1) is 17.2 Å². The van der Waals surface area contributed by atoms with Crippen LogP contribution in [0.2, 0.25) is 0 Å². The molecule has 1 aromatic heterocycles. The predicted octanol–water partition coefficient (Wildman–Crippen LogP) is 0.407. The van der Waals surface area contributed by atoms with Gasteiger partial charge in [-0.3, -0.25) is 14.4 Å². The summed E-state index contributed by atoms with van der Waals surface area (Å²) in [5.41, 5.74) is -0.259. The number of carbonyl (C=O) groups is 2. The molecule has 3 heterocycles. The number of amides is 3. The second-order valence-electron chi connectivity index (χ2n) is 6.74. The van der Waals surface area contributed by atoms with Crippen molar-refractivity contribution in [3.05, 3.63) is 18.0 Å². The molecule has 0 saturated carbocycles. The molecule has 0 aliphatic carbocycles. The van der Waals surface area contributed by atoms with Gasteiger partial charge < -0.3 is 10.2 Å². The van der Waals surface area contributed by atoms with E-state index in [9.17, 15) is 9.59 Å². The molecule has 3 rings (SSSR count). The molecule has 2 atom stereocenters. The highest BCUT2D eigenvalue weighted by atomic mass is 16.2. The average molecular weight is 330 g/mol. The van der Waals surface area contributed by atoms with E-state index >= 15 is 0 Å². The summed E-state index contributed by atoms with van der Waals surface area (Å²) in [5.74, 6) is -0.0509. The zero-order chi connectivity index (χ0) is 17.3. The monoisotopic (exact) mass is 330 g/mol. The topological polar surface area (TPSA) is 94.3 Å². The molecular formula is C16H22N6O2. The highest BCUT2D eigenvalue weighted by Crippen LogP contribution is 2.31. The molecule has 1 N–H and O–H groups in total. The number of nitriles is 1. The molecule has 0 unspecified atom stereocenters. The minimum Gasteiger partial charge on any atom is -0.323 e. The second kappa shape index (κ2) is 6.24. The normalized spacial score (nSPS) is 28.0. The summed E-state index contributed by atoms with van der Waals surface area (Å²) in [6, 6.07) is 1.75. The molecule has 0 bridgehead atoms. The lowest BCUT2D eigenvalue weighted by atomic mass is 9.80. The zero-order valence-electron chi connectivity index (χ0n) is 14.0. The fraction of sp³-hybridized carbons (Fsp3) is 0.625. The van der Waals surface area contributed by atoms with Gasteiger partial charge in [0.2, 0.25) is 0 Å². The quantitative estimate of drug-likeness (QED) is 0.807. The van der Waals surface area contributed by atoms with Crippen LogP contribution in [0.25, 0.3) is 0 Å². The summed E-state index contributed by atoms with van der Waals surface area (Å²) < 4.78 is 1.76. The van der Waals surface area contributed by atoms with Gasteiger partial charge in [0.25, 0.3) is 5.91 Å². The van der Waals surface area contributed by atoms with Crippen molar-refractivity contribution in [3.8, 4) is 6.07 Å². The van der Waals surface area contributed by atoms with Crippen LogP contribution in [-0.4, -0.2) is 63.7 Å². The molecule has 2 saturated heterocycles. The molecule has 0 spiro atoms. The summed E-state index contributed by atoms with van der Waals surface area (Å²) in [5, 5.41) is 15.9. The van der Waals surface area contributed by atoms with Crippen molar-refractivity contribution in [1.82, 2.24) is 24.9 Å². The van der Waals surface area contributed by atoms with Gasteiger partial charge in [-0.05, 0) is 26.3 Å². The summed E-state index contributed by atoms with van der Waals surface area (Å²) in [7, 11) is 1.52. The minimum atomic E-state index is -0.815. The van der Waals surface area contributed by atoms with Gasteiger partial charge in [-0.15, -0.1) is 0 Å². The first kappa shape index (κ1) is 16.5. The van der Waals surface area contributed by atoms with Crippen LogP contribution in [0.3, 0.4) is 0 Å². The molecule has 128 valence electrons. The maximum Gasteiger partial charge on any atom is 0.324 e. The van der Waals surface area contributed by atoms with Crippen LogP contribution in [0.1, 0.15) is 25.3 Å². The van der Waals surface area contributed by atoms with Crippen molar-refractivity contribution < 1.29 is 9.59 Å². The van der Waals surface area contributed by atoms with Gasteiger partial charge in [-0.25, -0.2) is 4.79 Å². The summed E-state index contributed by atoms with van der Waals surface area (Å²) in [6.07, 6.45) is 5.21. The lowest BCUT2D eigenvalue weighted by molar-refractivity contribution is -0.132. The first-order valence-electron chi connectivity index (χ1n) is 8.19. The molecule has 2 aliphatic rings. The largest absolute Gasteiger partial charge is 0.324 e. The molecule has 3 amide bonds. The van der Waals surface area contributed by atoms with Gasteiger partial charge >= 0.3 is 6.03 Å². The fourth-order valence-corrected chi connectivity index (χ4v) is 3.59. The first-order chi connectivity index (χ1) is 11.4. The lowest BCUT2D eigenvalue weighted by Gasteiger charge is -2.39. The maximum absolute atomic E-state index is 12.4. The molecule has 2 fully saturated rings. The molecule has 1 aromatic rings. The SMILES string of the molecule is CN1C(=O)N[C@](C)([C@@H]2CCCN(CCn3cc(C#N)cn3)C2)C1=O. The maximum atomic E-state index is 12.4. The molecule has 8 nitrogen and oxygen atoms in total. The zero-order valence-corrected chi connectivity index (χ0v) is 14.0. The van der Waals surface area contributed by atoms with Gasteiger partial charge in [0.1, 0.15) is 11.6 Å². The number of piperidine rings is 1. The van der Waals surface area contributed by atoms with Crippen LogP contribution < -0.4 is 5.32 Å². The average Bonchev–Trinajstić information content (AvgIpc) is 3.13. The van der Waals surface area contributed by atoms with Crippen LogP contribution >= 0.6 is 0 Å². The van der Waals surface area contributed by atoms with Crippen LogP contribution in [0.5, 0.6) is 0 Å². The van der Waals surface area contributed by atoms with Crippen LogP contribution in [-0.2, 0) is 11.3 Å². The minimum absolute atomic E-state index is 0.0972. The Morgan fingerprint density at radius 3 is 2.88 bits per heavy atom. The van der Waals surface area contributed by atoms with Crippen molar-refractivity contribution in [2.24, 2.45) is 5.92 Å². The van der Waals surface area contributed by atoms with E-state index < -0.39 is 5.54 Å². The van der Waals surface area contributed by atoms with E-state index in [-0.39, 0.29) is 17.9 Å². The number of carbonyl (C=O) groups excluding carboxylic acids is 2. The third kappa shape index (κ3) is 2.87. The van der Waals surface area contributed by atoms with Gasteiger partial charge in [0.05, 0.1) is 18.3 Å². The van der Waals surface area contributed by atoms with Crippen LogP contribution in [0.4, 0.5) is 4.79 Å².